The van der Waals surface area contributed by atoms with E-state index in [9.17, 15) is 9.18 Å². The van der Waals surface area contributed by atoms with Crippen molar-refractivity contribution in [3.05, 3.63) is 72.1 Å². The van der Waals surface area contributed by atoms with Crippen LogP contribution in [0, 0.1) is 5.82 Å². The molecule has 0 saturated carbocycles. The van der Waals surface area contributed by atoms with E-state index >= 15 is 0 Å². The summed E-state index contributed by atoms with van der Waals surface area (Å²) in [5, 5.41) is 13.2. The van der Waals surface area contributed by atoms with Crippen LogP contribution in [0.25, 0.3) is 0 Å². The number of aromatic nitrogens is 2. The zero-order chi connectivity index (χ0) is 16.1. The van der Waals surface area contributed by atoms with Gasteiger partial charge in [-0.25, -0.2) is 4.39 Å². The highest BCUT2D eigenvalue weighted by atomic mass is 19.1. The Kier molecular flexibility index (Phi) is 4.28. The molecule has 6 nitrogen and oxygen atoms in total. The van der Waals surface area contributed by atoms with Crippen LogP contribution in [0.3, 0.4) is 0 Å². The van der Waals surface area contributed by atoms with E-state index in [1.54, 1.807) is 36.4 Å². The third kappa shape index (κ3) is 3.70. The maximum absolute atomic E-state index is 13.5. The van der Waals surface area contributed by atoms with Gasteiger partial charge in [0.05, 0.1) is 18.5 Å². The second-order valence-electron chi connectivity index (χ2n) is 4.67. The van der Waals surface area contributed by atoms with Crippen LogP contribution in [0.4, 0.5) is 15.9 Å². The molecule has 3 aromatic rings. The number of hydrogen-bond acceptors (Lipinski definition) is 5. The number of nitrogens with one attached hydrogen (secondary N) is 2. The molecule has 0 aliphatic heterocycles. The quantitative estimate of drug-likeness (QED) is 0.757. The number of halogens is 1. The number of furan rings is 1. The summed E-state index contributed by atoms with van der Waals surface area (Å²) in [6.45, 7) is 0.267. The Morgan fingerprint density at radius 2 is 1.96 bits per heavy atom. The summed E-state index contributed by atoms with van der Waals surface area (Å²) in [5.41, 5.74) is 0.451. The van der Waals surface area contributed by atoms with Gasteiger partial charge in [0.1, 0.15) is 11.6 Å². The van der Waals surface area contributed by atoms with E-state index in [2.05, 4.69) is 20.8 Å². The van der Waals surface area contributed by atoms with Crippen LogP contribution in [-0.2, 0) is 6.54 Å². The minimum Gasteiger partial charge on any atom is -0.467 e. The summed E-state index contributed by atoms with van der Waals surface area (Å²) >= 11 is 0. The second-order valence-corrected chi connectivity index (χ2v) is 4.67. The highest BCUT2D eigenvalue weighted by Crippen LogP contribution is 2.17. The maximum Gasteiger partial charge on any atom is 0.272 e. The predicted octanol–water partition coefficient (Wildman–Crippen LogP) is 2.88. The highest BCUT2D eigenvalue weighted by molar-refractivity contribution is 5.92. The molecule has 0 spiro atoms. The Labute approximate surface area is 131 Å². The fraction of sp³-hybridized carbons (Fsp3) is 0.0625. The normalized spacial score (nSPS) is 10.3. The fourth-order valence-electron chi connectivity index (χ4n) is 1.89. The van der Waals surface area contributed by atoms with Gasteiger partial charge in [0, 0.05) is 0 Å². The van der Waals surface area contributed by atoms with E-state index in [0.717, 1.165) is 0 Å². The third-order valence-corrected chi connectivity index (χ3v) is 3.04. The van der Waals surface area contributed by atoms with Crippen molar-refractivity contribution >= 4 is 17.4 Å². The first-order chi connectivity index (χ1) is 11.2. The van der Waals surface area contributed by atoms with E-state index in [1.165, 1.54) is 18.4 Å². The van der Waals surface area contributed by atoms with Gasteiger partial charge in [-0.1, -0.05) is 12.1 Å². The summed E-state index contributed by atoms with van der Waals surface area (Å²) in [4.78, 5) is 11.9. The largest absolute Gasteiger partial charge is 0.467 e. The van der Waals surface area contributed by atoms with E-state index < -0.39 is 5.82 Å². The molecule has 0 unspecified atom stereocenters. The molecule has 0 saturated heterocycles. The number of nitrogens with zero attached hydrogens (tertiary/aromatic N) is 2. The minimum atomic E-state index is -0.394. The Bertz CT molecular complexity index is 788. The molecule has 1 aromatic carbocycles. The summed E-state index contributed by atoms with van der Waals surface area (Å²) in [6.07, 6.45) is 1.53. The topological polar surface area (TPSA) is 80.0 Å². The van der Waals surface area contributed by atoms with Crippen LogP contribution in [0.1, 0.15) is 16.2 Å². The third-order valence-electron chi connectivity index (χ3n) is 3.04. The first-order valence-corrected chi connectivity index (χ1v) is 6.88. The number of hydrogen-bond donors (Lipinski definition) is 2. The Morgan fingerprint density at radius 1 is 1.09 bits per heavy atom. The number of anilines is 2. The molecule has 2 N–H and O–H groups in total. The van der Waals surface area contributed by atoms with Crippen molar-refractivity contribution in [3.8, 4) is 0 Å². The molecule has 23 heavy (non-hydrogen) atoms. The molecule has 0 fully saturated rings. The van der Waals surface area contributed by atoms with Crippen molar-refractivity contribution in [2.75, 3.05) is 5.32 Å². The molecular formula is C16H13FN4O2. The lowest BCUT2D eigenvalue weighted by Gasteiger charge is -2.06. The lowest BCUT2D eigenvalue weighted by Crippen LogP contribution is -2.23. The Morgan fingerprint density at radius 3 is 2.65 bits per heavy atom. The van der Waals surface area contributed by atoms with Crippen molar-refractivity contribution < 1.29 is 13.6 Å². The zero-order valence-corrected chi connectivity index (χ0v) is 12.0. The summed E-state index contributed by atoms with van der Waals surface area (Å²) in [6, 6.07) is 12.8. The van der Waals surface area contributed by atoms with Crippen molar-refractivity contribution in [1.29, 1.82) is 0 Å². The van der Waals surface area contributed by atoms with Crippen LogP contribution < -0.4 is 10.6 Å². The SMILES string of the molecule is O=C(NCc1ccco1)c1ccc(Nc2ccccc2F)nn1. The Hall–Kier alpha value is -3.22. The average Bonchev–Trinajstić information content (AvgIpc) is 3.09. The number of carbonyl (C=O) groups excluding carboxylic acids is 1. The van der Waals surface area contributed by atoms with Crippen molar-refractivity contribution in [1.82, 2.24) is 15.5 Å². The fourth-order valence-corrected chi connectivity index (χ4v) is 1.89. The monoisotopic (exact) mass is 312 g/mol. The lowest BCUT2D eigenvalue weighted by molar-refractivity contribution is 0.0942. The standard InChI is InChI=1S/C16H13FN4O2/c17-12-5-1-2-6-13(12)19-15-8-7-14(20-21-15)16(22)18-10-11-4-3-9-23-11/h1-9H,10H2,(H,18,22)(H,19,21). The molecule has 0 radical (unpaired) electrons. The smallest absolute Gasteiger partial charge is 0.272 e. The molecular weight excluding hydrogens is 299 g/mol. The number of amides is 1. The second kappa shape index (κ2) is 6.69. The van der Waals surface area contributed by atoms with Crippen LogP contribution in [0.5, 0.6) is 0 Å². The van der Waals surface area contributed by atoms with Crippen molar-refractivity contribution in [3.63, 3.8) is 0 Å². The van der Waals surface area contributed by atoms with Gasteiger partial charge in [-0.2, -0.15) is 0 Å². The predicted molar refractivity (Wildman–Crippen MR) is 81.6 cm³/mol. The first kappa shape index (κ1) is 14.7. The van der Waals surface area contributed by atoms with Crippen molar-refractivity contribution in [2.24, 2.45) is 0 Å². The molecule has 2 heterocycles. The van der Waals surface area contributed by atoms with Gasteiger partial charge in [0.15, 0.2) is 11.5 Å². The van der Waals surface area contributed by atoms with E-state index in [1.807, 2.05) is 0 Å². The molecule has 0 aliphatic carbocycles. The molecule has 3 rings (SSSR count). The average molecular weight is 312 g/mol. The molecule has 2 aromatic heterocycles. The lowest BCUT2D eigenvalue weighted by atomic mass is 10.3. The van der Waals surface area contributed by atoms with E-state index in [0.29, 0.717) is 11.6 Å². The van der Waals surface area contributed by atoms with Gasteiger partial charge in [-0.3, -0.25) is 4.79 Å². The zero-order valence-electron chi connectivity index (χ0n) is 12.0. The van der Waals surface area contributed by atoms with E-state index in [-0.39, 0.29) is 23.8 Å². The number of benzene rings is 1. The van der Waals surface area contributed by atoms with Gasteiger partial charge in [0.25, 0.3) is 5.91 Å². The van der Waals surface area contributed by atoms with Crippen LogP contribution >= 0.6 is 0 Å². The van der Waals surface area contributed by atoms with E-state index in [4.69, 9.17) is 4.42 Å². The van der Waals surface area contributed by atoms with Crippen LogP contribution in [-0.4, -0.2) is 16.1 Å². The number of para-hydroxylation sites is 1. The highest BCUT2D eigenvalue weighted by Gasteiger charge is 2.09. The van der Waals surface area contributed by atoms with Gasteiger partial charge in [0.2, 0.25) is 0 Å². The van der Waals surface area contributed by atoms with Gasteiger partial charge in [-0.05, 0) is 36.4 Å². The summed E-state index contributed by atoms with van der Waals surface area (Å²) in [7, 11) is 0. The van der Waals surface area contributed by atoms with Gasteiger partial charge < -0.3 is 15.1 Å². The van der Waals surface area contributed by atoms with Gasteiger partial charge in [-0.15, -0.1) is 10.2 Å². The first-order valence-electron chi connectivity index (χ1n) is 6.88. The molecule has 116 valence electrons. The minimum absolute atomic E-state index is 0.163. The molecule has 0 bridgehead atoms. The molecule has 7 heteroatoms. The van der Waals surface area contributed by atoms with Crippen molar-refractivity contribution in [2.45, 2.75) is 6.54 Å². The molecule has 0 aliphatic rings. The number of carbonyl (C=O) groups is 1. The maximum atomic E-state index is 13.5. The number of rotatable bonds is 5. The Balaban J connectivity index is 1.62. The van der Waals surface area contributed by atoms with Crippen LogP contribution in [0.15, 0.2) is 59.2 Å². The molecule has 0 atom stereocenters. The molecule has 1 amide bonds. The summed E-state index contributed by atoms with van der Waals surface area (Å²) in [5.74, 6) is 0.225. The van der Waals surface area contributed by atoms with Crippen LogP contribution in [0.2, 0.25) is 0 Å². The van der Waals surface area contributed by atoms with Gasteiger partial charge >= 0.3 is 0 Å². The summed E-state index contributed by atoms with van der Waals surface area (Å²) < 4.78 is 18.7.